The van der Waals surface area contributed by atoms with Gasteiger partial charge >= 0.3 is 0 Å². The first-order chi connectivity index (χ1) is 14.5. The van der Waals surface area contributed by atoms with Crippen molar-refractivity contribution in [1.82, 2.24) is 19.8 Å². The standard InChI is InChI=1S/C21H20FN5O3/c1-2-27-20(29)15-4-3-9-26(19(15)21(27)30)12-18(28)25-17-8-5-13(10-24-17)16-7-6-14(22)11-23-16/h5-8,10-11H,2-4,9,12H2,1H3,(H,24,25,28). The van der Waals surface area contributed by atoms with E-state index in [0.717, 1.165) is 6.20 Å². The van der Waals surface area contributed by atoms with E-state index in [-0.39, 0.29) is 24.3 Å². The van der Waals surface area contributed by atoms with Gasteiger partial charge in [-0.1, -0.05) is 0 Å². The second-order valence-corrected chi connectivity index (χ2v) is 7.05. The highest BCUT2D eigenvalue weighted by atomic mass is 19.1. The minimum atomic E-state index is -0.420. The normalized spacial score (nSPS) is 16.2. The summed E-state index contributed by atoms with van der Waals surface area (Å²) in [5.74, 6) is -0.996. The Morgan fingerprint density at radius 3 is 2.63 bits per heavy atom. The van der Waals surface area contributed by atoms with Crippen LogP contribution in [0.3, 0.4) is 0 Å². The SMILES string of the molecule is CCN1C(=O)C2=C(C1=O)N(CC(=O)Nc1ccc(-c3ccc(F)cn3)cn1)CCC2. The van der Waals surface area contributed by atoms with Crippen molar-refractivity contribution in [1.29, 1.82) is 0 Å². The first-order valence-electron chi connectivity index (χ1n) is 9.70. The number of amides is 3. The van der Waals surface area contributed by atoms with Gasteiger partial charge in [-0.25, -0.2) is 9.37 Å². The summed E-state index contributed by atoms with van der Waals surface area (Å²) < 4.78 is 13.0. The van der Waals surface area contributed by atoms with Gasteiger partial charge in [0.2, 0.25) is 5.91 Å². The van der Waals surface area contributed by atoms with Crippen molar-refractivity contribution in [2.75, 3.05) is 25.0 Å². The fourth-order valence-electron chi connectivity index (χ4n) is 3.69. The quantitative estimate of drug-likeness (QED) is 0.759. The summed E-state index contributed by atoms with van der Waals surface area (Å²) in [6.07, 6.45) is 3.92. The molecule has 3 amide bonds. The third-order valence-corrected chi connectivity index (χ3v) is 5.11. The monoisotopic (exact) mass is 409 g/mol. The van der Waals surface area contributed by atoms with Crippen LogP contribution in [0.4, 0.5) is 10.2 Å². The van der Waals surface area contributed by atoms with Crippen LogP contribution in [0.15, 0.2) is 47.9 Å². The Hall–Kier alpha value is -3.62. The Labute approximate surface area is 172 Å². The van der Waals surface area contributed by atoms with E-state index in [1.807, 2.05) is 0 Å². The Morgan fingerprint density at radius 2 is 1.97 bits per heavy atom. The van der Waals surface area contributed by atoms with Crippen LogP contribution >= 0.6 is 0 Å². The fraction of sp³-hybridized carbons (Fsp3) is 0.286. The number of rotatable bonds is 5. The summed E-state index contributed by atoms with van der Waals surface area (Å²) in [4.78, 5) is 48.5. The molecule has 0 saturated heterocycles. The number of anilines is 1. The summed E-state index contributed by atoms with van der Waals surface area (Å²) in [5.41, 5.74) is 2.09. The van der Waals surface area contributed by atoms with Gasteiger partial charge in [-0.3, -0.25) is 24.3 Å². The minimum absolute atomic E-state index is 0.0433. The first-order valence-corrected chi connectivity index (χ1v) is 9.70. The van der Waals surface area contributed by atoms with Gasteiger partial charge in [0.05, 0.1) is 18.4 Å². The molecule has 4 rings (SSSR count). The van der Waals surface area contributed by atoms with E-state index in [0.29, 0.717) is 54.3 Å². The van der Waals surface area contributed by atoms with Crippen molar-refractivity contribution in [2.24, 2.45) is 0 Å². The third kappa shape index (κ3) is 3.66. The number of nitrogens with zero attached hydrogens (tertiary/aromatic N) is 4. The fourth-order valence-corrected chi connectivity index (χ4v) is 3.69. The number of hydrogen-bond donors (Lipinski definition) is 1. The van der Waals surface area contributed by atoms with Crippen LogP contribution in [0, 0.1) is 5.82 Å². The minimum Gasteiger partial charge on any atom is -0.357 e. The van der Waals surface area contributed by atoms with Gasteiger partial charge in [0.25, 0.3) is 11.8 Å². The molecule has 2 aliphatic rings. The molecule has 0 atom stereocenters. The number of carbonyl (C=O) groups excluding carboxylic acids is 3. The highest BCUT2D eigenvalue weighted by molar-refractivity contribution is 6.19. The molecule has 0 aliphatic carbocycles. The Morgan fingerprint density at radius 1 is 1.13 bits per heavy atom. The summed E-state index contributed by atoms with van der Waals surface area (Å²) in [6.45, 7) is 2.55. The lowest BCUT2D eigenvalue weighted by atomic mass is 10.0. The Kier molecular flexibility index (Phi) is 5.26. The molecule has 1 N–H and O–H groups in total. The van der Waals surface area contributed by atoms with Crippen LogP contribution in [0.2, 0.25) is 0 Å². The van der Waals surface area contributed by atoms with E-state index >= 15 is 0 Å². The Bertz CT molecular complexity index is 1030. The number of aromatic nitrogens is 2. The highest BCUT2D eigenvalue weighted by Gasteiger charge is 2.41. The number of nitrogens with one attached hydrogen (secondary N) is 1. The molecule has 9 heteroatoms. The average Bonchev–Trinajstić information content (AvgIpc) is 2.99. The number of likely N-dealkylation sites (N-methyl/N-ethyl adjacent to an activating group) is 1. The number of imide groups is 1. The second kappa shape index (κ2) is 8.02. The van der Waals surface area contributed by atoms with Gasteiger partial charge < -0.3 is 10.2 Å². The van der Waals surface area contributed by atoms with Crippen molar-refractivity contribution < 1.29 is 18.8 Å². The maximum absolute atomic E-state index is 13.0. The molecule has 154 valence electrons. The average molecular weight is 409 g/mol. The van der Waals surface area contributed by atoms with E-state index in [2.05, 4.69) is 15.3 Å². The van der Waals surface area contributed by atoms with Gasteiger partial charge in [-0.15, -0.1) is 0 Å². The van der Waals surface area contributed by atoms with Crippen LogP contribution in [-0.4, -0.2) is 57.1 Å². The lowest BCUT2D eigenvalue weighted by molar-refractivity contribution is -0.137. The molecule has 0 unspecified atom stereocenters. The maximum atomic E-state index is 13.0. The van der Waals surface area contributed by atoms with Gasteiger partial charge in [0, 0.05) is 30.4 Å². The van der Waals surface area contributed by atoms with Crippen molar-refractivity contribution in [3.63, 3.8) is 0 Å². The molecule has 0 fully saturated rings. The topological polar surface area (TPSA) is 95.5 Å². The van der Waals surface area contributed by atoms with E-state index in [4.69, 9.17) is 0 Å². The van der Waals surface area contributed by atoms with Crippen LogP contribution in [-0.2, 0) is 14.4 Å². The van der Waals surface area contributed by atoms with Gasteiger partial charge in [-0.05, 0) is 44.0 Å². The second-order valence-electron chi connectivity index (χ2n) is 7.05. The molecular weight excluding hydrogens is 389 g/mol. The van der Waals surface area contributed by atoms with Crippen LogP contribution in [0.25, 0.3) is 11.3 Å². The van der Waals surface area contributed by atoms with Gasteiger partial charge in [-0.2, -0.15) is 0 Å². The molecule has 8 nitrogen and oxygen atoms in total. The zero-order chi connectivity index (χ0) is 21.3. The summed E-state index contributed by atoms with van der Waals surface area (Å²) in [7, 11) is 0. The number of hydrogen-bond acceptors (Lipinski definition) is 6. The van der Waals surface area contributed by atoms with E-state index in [1.54, 1.807) is 30.0 Å². The molecule has 2 aliphatic heterocycles. The lowest BCUT2D eigenvalue weighted by Gasteiger charge is -2.28. The molecule has 0 radical (unpaired) electrons. The van der Waals surface area contributed by atoms with Gasteiger partial charge in [0.1, 0.15) is 17.3 Å². The predicted molar refractivity (Wildman–Crippen MR) is 106 cm³/mol. The number of pyridine rings is 2. The molecule has 2 aromatic heterocycles. The molecule has 0 aromatic carbocycles. The van der Waals surface area contributed by atoms with Crippen LogP contribution in [0.5, 0.6) is 0 Å². The molecule has 0 saturated carbocycles. The van der Waals surface area contributed by atoms with Crippen molar-refractivity contribution >= 4 is 23.5 Å². The number of halogens is 1. The smallest absolute Gasteiger partial charge is 0.277 e. The summed E-state index contributed by atoms with van der Waals surface area (Å²) in [6, 6.07) is 6.21. The maximum Gasteiger partial charge on any atom is 0.277 e. The van der Waals surface area contributed by atoms with E-state index < -0.39 is 5.82 Å². The molecule has 2 aromatic rings. The number of carbonyl (C=O) groups is 3. The zero-order valence-corrected chi connectivity index (χ0v) is 16.4. The molecule has 30 heavy (non-hydrogen) atoms. The van der Waals surface area contributed by atoms with Crippen LogP contribution < -0.4 is 5.32 Å². The summed E-state index contributed by atoms with van der Waals surface area (Å²) in [5, 5.41) is 2.70. The van der Waals surface area contributed by atoms with Crippen molar-refractivity contribution in [3.05, 3.63) is 53.7 Å². The predicted octanol–water partition coefficient (Wildman–Crippen LogP) is 1.96. The van der Waals surface area contributed by atoms with E-state index in [1.165, 1.54) is 17.2 Å². The molecule has 0 bridgehead atoms. The zero-order valence-electron chi connectivity index (χ0n) is 16.4. The van der Waals surface area contributed by atoms with Crippen molar-refractivity contribution in [2.45, 2.75) is 19.8 Å². The highest BCUT2D eigenvalue weighted by Crippen LogP contribution is 2.31. The summed E-state index contributed by atoms with van der Waals surface area (Å²) >= 11 is 0. The molecule has 4 heterocycles. The Balaban J connectivity index is 1.43. The first kappa shape index (κ1) is 19.7. The lowest BCUT2D eigenvalue weighted by Crippen LogP contribution is -2.39. The third-order valence-electron chi connectivity index (χ3n) is 5.11. The van der Waals surface area contributed by atoms with Gasteiger partial charge in [0.15, 0.2) is 0 Å². The molecule has 0 spiro atoms. The van der Waals surface area contributed by atoms with E-state index in [9.17, 15) is 18.8 Å². The largest absolute Gasteiger partial charge is 0.357 e. The van der Waals surface area contributed by atoms with Crippen LogP contribution in [0.1, 0.15) is 19.8 Å². The van der Waals surface area contributed by atoms with Crippen molar-refractivity contribution in [3.8, 4) is 11.3 Å². The molecular formula is C21H20FN5O3.